The van der Waals surface area contributed by atoms with Gasteiger partial charge in [-0.05, 0) is 30.3 Å². The van der Waals surface area contributed by atoms with Crippen LogP contribution >= 0.6 is 0 Å². The van der Waals surface area contributed by atoms with E-state index in [0.29, 0.717) is 5.69 Å². The van der Waals surface area contributed by atoms with Crippen molar-refractivity contribution in [1.82, 2.24) is 9.97 Å². The lowest BCUT2D eigenvalue weighted by Crippen LogP contribution is -2.13. The summed E-state index contributed by atoms with van der Waals surface area (Å²) >= 11 is 0. The Morgan fingerprint density at radius 2 is 1.72 bits per heavy atom. The molecular formula is C17H13N5O3. The van der Waals surface area contributed by atoms with Gasteiger partial charge in [-0.3, -0.25) is 24.9 Å². The average Bonchev–Trinajstić information content (AvgIpc) is 2.63. The minimum atomic E-state index is -0.572. The Morgan fingerprint density at radius 1 is 0.960 bits per heavy atom. The molecule has 0 aliphatic rings. The molecule has 3 rings (SSSR count). The predicted molar refractivity (Wildman–Crippen MR) is 92.8 cm³/mol. The normalized spacial score (nSPS) is 10.1. The van der Waals surface area contributed by atoms with Crippen molar-refractivity contribution in [3.63, 3.8) is 0 Å². The molecule has 3 aromatic rings. The summed E-state index contributed by atoms with van der Waals surface area (Å²) in [6.07, 6.45) is 4.57. The minimum Gasteiger partial charge on any atom is -0.355 e. The average molecular weight is 335 g/mol. The van der Waals surface area contributed by atoms with Crippen molar-refractivity contribution < 1.29 is 9.72 Å². The third-order valence-corrected chi connectivity index (χ3v) is 3.28. The molecule has 0 atom stereocenters. The van der Waals surface area contributed by atoms with Crippen LogP contribution < -0.4 is 10.6 Å². The van der Waals surface area contributed by atoms with E-state index in [1.54, 1.807) is 30.6 Å². The zero-order chi connectivity index (χ0) is 17.6. The van der Waals surface area contributed by atoms with Gasteiger partial charge in [-0.1, -0.05) is 6.07 Å². The van der Waals surface area contributed by atoms with Crippen molar-refractivity contribution in [2.45, 2.75) is 0 Å². The van der Waals surface area contributed by atoms with E-state index < -0.39 is 10.8 Å². The van der Waals surface area contributed by atoms with E-state index in [0.717, 1.165) is 17.4 Å². The summed E-state index contributed by atoms with van der Waals surface area (Å²) in [5, 5.41) is 16.6. The lowest BCUT2D eigenvalue weighted by molar-refractivity contribution is -0.385. The second kappa shape index (κ2) is 7.18. The Balaban J connectivity index is 1.74. The van der Waals surface area contributed by atoms with E-state index in [-0.39, 0.29) is 11.4 Å². The highest BCUT2D eigenvalue weighted by Crippen LogP contribution is 2.20. The Morgan fingerprint density at radius 3 is 2.48 bits per heavy atom. The topological polar surface area (TPSA) is 110 Å². The number of hydrogen-bond donors (Lipinski definition) is 2. The van der Waals surface area contributed by atoms with Crippen molar-refractivity contribution in [2.75, 3.05) is 10.6 Å². The zero-order valence-electron chi connectivity index (χ0n) is 12.9. The van der Waals surface area contributed by atoms with Crippen molar-refractivity contribution in [3.05, 3.63) is 82.9 Å². The molecule has 0 unspecified atom stereocenters. The lowest BCUT2D eigenvalue weighted by Gasteiger charge is -2.09. The Labute approximate surface area is 142 Å². The Hall–Kier alpha value is -3.81. The maximum atomic E-state index is 12.2. The third-order valence-electron chi connectivity index (χ3n) is 3.28. The van der Waals surface area contributed by atoms with Gasteiger partial charge in [0.1, 0.15) is 5.69 Å². The number of amides is 1. The fraction of sp³-hybridized carbons (Fsp3) is 0. The molecule has 25 heavy (non-hydrogen) atoms. The summed E-state index contributed by atoms with van der Waals surface area (Å²) in [6.45, 7) is 0. The fourth-order valence-electron chi connectivity index (χ4n) is 2.13. The van der Waals surface area contributed by atoms with Crippen molar-refractivity contribution >= 4 is 28.7 Å². The number of benzene rings is 1. The smallest absolute Gasteiger partial charge is 0.274 e. The van der Waals surface area contributed by atoms with Crippen molar-refractivity contribution in [2.24, 2.45) is 0 Å². The first-order valence-corrected chi connectivity index (χ1v) is 7.31. The summed E-state index contributed by atoms with van der Waals surface area (Å²) in [5.74, 6) is -0.523. The molecule has 124 valence electrons. The standard InChI is InChI=1S/C17H13N5O3/c23-17(16-11-15(22(24)25)6-9-19-16)21-14-3-1-2-13(10-14)20-12-4-7-18-8-5-12/h1-11H,(H,18,20)(H,21,23). The molecule has 2 aromatic heterocycles. The Kier molecular flexibility index (Phi) is 4.61. The molecule has 0 radical (unpaired) electrons. The monoisotopic (exact) mass is 335 g/mol. The van der Waals surface area contributed by atoms with Gasteiger partial charge in [-0.2, -0.15) is 0 Å². The van der Waals surface area contributed by atoms with Gasteiger partial charge in [0.25, 0.3) is 11.6 Å². The number of rotatable bonds is 5. The first-order chi connectivity index (χ1) is 12.1. The zero-order valence-corrected chi connectivity index (χ0v) is 12.9. The number of nitrogens with one attached hydrogen (secondary N) is 2. The molecular weight excluding hydrogens is 322 g/mol. The van der Waals surface area contributed by atoms with E-state index in [1.807, 2.05) is 18.2 Å². The summed E-state index contributed by atoms with van der Waals surface area (Å²) in [4.78, 5) is 30.3. The predicted octanol–water partition coefficient (Wildman–Crippen LogP) is 3.38. The van der Waals surface area contributed by atoms with E-state index in [4.69, 9.17) is 0 Å². The highest BCUT2D eigenvalue weighted by molar-refractivity contribution is 6.03. The number of carbonyl (C=O) groups is 1. The van der Waals surface area contributed by atoms with Crippen molar-refractivity contribution in [1.29, 1.82) is 0 Å². The van der Waals surface area contributed by atoms with E-state index in [9.17, 15) is 14.9 Å². The number of nitrogens with zero attached hydrogens (tertiary/aromatic N) is 3. The molecule has 0 saturated carbocycles. The van der Waals surface area contributed by atoms with E-state index in [2.05, 4.69) is 20.6 Å². The second-order valence-electron chi connectivity index (χ2n) is 5.05. The molecule has 0 aliphatic heterocycles. The van der Waals surface area contributed by atoms with E-state index in [1.165, 1.54) is 12.3 Å². The van der Waals surface area contributed by atoms with Gasteiger partial charge in [-0.25, -0.2) is 0 Å². The van der Waals surface area contributed by atoms with Crippen LogP contribution in [-0.2, 0) is 0 Å². The van der Waals surface area contributed by atoms with Crippen LogP contribution in [0.3, 0.4) is 0 Å². The van der Waals surface area contributed by atoms with Crippen LogP contribution in [0, 0.1) is 10.1 Å². The molecule has 0 bridgehead atoms. The molecule has 0 saturated heterocycles. The van der Waals surface area contributed by atoms with Crippen LogP contribution in [0.25, 0.3) is 0 Å². The van der Waals surface area contributed by atoms with Crippen LogP contribution in [0.1, 0.15) is 10.5 Å². The summed E-state index contributed by atoms with van der Waals surface area (Å²) < 4.78 is 0. The van der Waals surface area contributed by atoms with Gasteiger partial charge in [0.2, 0.25) is 0 Å². The maximum Gasteiger partial charge on any atom is 0.274 e. The molecule has 8 nitrogen and oxygen atoms in total. The lowest BCUT2D eigenvalue weighted by atomic mass is 10.2. The highest BCUT2D eigenvalue weighted by atomic mass is 16.6. The van der Waals surface area contributed by atoms with Crippen LogP contribution in [0.15, 0.2) is 67.1 Å². The molecule has 2 heterocycles. The van der Waals surface area contributed by atoms with Crippen LogP contribution in [-0.4, -0.2) is 20.8 Å². The van der Waals surface area contributed by atoms with Gasteiger partial charge in [0, 0.05) is 47.8 Å². The fourth-order valence-corrected chi connectivity index (χ4v) is 2.13. The van der Waals surface area contributed by atoms with Gasteiger partial charge in [0.15, 0.2) is 0 Å². The van der Waals surface area contributed by atoms with Crippen LogP contribution in [0.5, 0.6) is 0 Å². The minimum absolute atomic E-state index is 0.0262. The maximum absolute atomic E-state index is 12.2. The van der Waals surface area contributed by atoms with Gasteiger partial charge < -0.3 is 10.6 Å². The number of hydrogen-bond acceptors (Lipinski definition) is 6. The summed E-state index contributed by atoms with van der Waals surface area (Å²) in [6, 6.07) is 13.1. The number of anilines is 3. The quantitative estimate of drug-likeness (QED) is 0.546. The number of carbonyl (C=O) groups excluding carboxylic acids is 1. The molecule has 1 amide bonds. The van der Waals surface area contributed by atoms with Gasteiger partial charge >= 0.3 is 0 Å². The van der Waals surface area contributed by atoms with Gasteiger partial charge in [0.05, 0.1) is 4.92 Å². The molecule has 1 aromatic carbocycles. The number of pyridine rings is 2. The first-order valence-electron chi connectivity index (χ1n) is 7.31. The summed E-state index contributed by atoms with van der Waals surface area (Å²) in [5.41, 5.74) is 1.96. The summed E-state index contributed by atoms with van der Waals surface area (Å²) in [7, 11) is 0. The van der Waals surface area contributed by atoms with Crippen LogP contribution in [0.4, 0.5) is 22.7 Å². The number of aromatic nitrogens is 2. The third kappa shape index (κ3) is 4.14. The second-order valence-corrected chi connectivity index (χ2v) is 5.05. The Bertz CT molecular complexity index is 915. The number of nitro groups is 1. The van der Waals surface area contributed by atoms with E-state index >= 15 is 0 Å². The van der Waals surface area contributed by atoms with Gasteiger partial charge in [-0.15, -0.1) is 0 Å². The molecule has 8 heteroatoms. The first kappa shape index (κ1) is 16.1. The highest BCUT2D eigenvalue weighted by Gasteiger charge is 2.13. The molecule has 0 aliphatic carbocycles. The molecule has 0 fully saturated rings. The molecule has 0 spiro atoms. The van der Waals surface area contributed by atoms with Crippen molar-refractivity contribution in [3.8, 4) is 0 Å². The largest absolute Gasteiger partial charge is 0.355 e. The van der Waals surface area contributed by atoms with Crippen LogP contribution in [0.2, 0.25) is 0 Å². The molecule has 2 N–H and O–H groups in total. The SMILES string of the molecule is O=C(Nc1cccc(Nc2ccncc2)c1)c1cc([N+](=O)[O-])ccn1.